The molecule has 0 aromatic heterocycles. The quantitative estimate of drug-likeness (QED) is 0.901. The average molecular weight is 279 g/mol. The van der Waals surface area contributed by atoms with E-state index in [0.717, 1.165) is 49.5 Å². The normalized spacial score (nSPS) is 22.2. The summed E-state index contributed by atoms with van der Waals surface area (Å²) in [6, 6.07) is 7.78. The summed E-state index contributed by atoms with van der Waals surface area (Å²) in [6.07, 6.45) is 2.99. The molecule has 3 nitrogen and oxygen atoms in total. The van der Waals surface area contributed by atoms with Gasteiger partial charge in [-0.1, -0.05) is 23.7 Å². The number of nitrogens with zero attached hydrogens (tertiary/aromatic N) is 1. The van der Waals surface area contributed by atoms with E-state index in [1.165, 1.54) is 0 Å². The van der Waals surface area contributed by atoms with Crippen molar-refractivity contribution in [3.8, 4) is 0 Å². The molecule has 1 amide bonds. The number of rotatable bonds is 2. The van der Waals surface area contributed by atoms with Gasteiger partial charge in [0.2, 0.25) is 5.91 Å². The van der Waals surface area contributed by atoms with Crippen molar-refractivity contribution in [2.75, 3.05) is 19.6 Å². The number of amides is 1. The van der Waals surface area contributed by atoms with Crippen LogP contribution in [0.1, 0.15) is 24.8 Å². The Morgan fingerprint density at radius 1 is 1.16 bits per heavy atom. The second-order valence-electron chi connectivity index (χ2n) is 5.63. The van der Waals surface area contributed by atoms with Crippen LogP contribution in [0.2, 0.25) is 5.02 Å². The summed E-state index contributed by atoms with van der Waals surface area (Å²) >= 11 is 5.89. The summed E-state index contributed by atoms with van der Waals surface area (Å²) in [6.45, 7) is 3.55. The first kappa shape index (κ1) is 12.9. The van der Waals surface area contributed by atoms with Crippen LogP contribution in [0.25, 0.3) is 0 Å². The second kappa shape index (κ2) is 5.14. The molecule has 2 heterocycles. The summed E-state index contributed by atoms with van der Waals surface area (Å²) in [7, 11) is 0. The lowest BCUT2D eigenvalue weighted by Crippen LogP contribution is -2.42. The first-order valence-electron chi connectivity index (χ1n) is 6.94. The van der Waals surface area contributed by atoms with Crippen molar-refractivity contribution in [3.05, 3.63) is 34.9 Å². The Balaban J connectivity index is 1.70. The van der Waals surface area contributed by atoms with Gasteiger partial charge in [0.25, 0.3) is 0 Å². The Hall–Kier alpha value is -1.06. The SMILES string of the molecule is O=C1N(Cc2ccc(Cl)cc2)CCC12CCNCC2. The van der Waals surface area contributed by atoms with Crippen molar-refractivity contribution in [1.82, 2.24) is 10.2 Å². The third-order valence-electron chi connectivity index (χ3n) is 4.45. The molecule has 0 radical (unpaired) electrons. The Bertz CT molecular complexity index is 466. The molecule has 4 heteroatoms. The van der Waals surface area contributed by atoms with Gasteiger partial charge in [-0.3, -0.25) is 4.79 Å². The van der Waals surface area contributed by atoms with E-state index in [0.29, 0.717) is 12.5 Å². The summed E-state index contributed by atoms with van der Waals surface area (Å²) in [4.78, 5) is 14.6. The molecule has 2 aliphatic rings. The number of piperidine rings is 1. The van der Waals surface area contributed by atoms with Gasteiger partial charge in [-0.25, -0.2) is 0 Å². The van der Waals surface area contributed by atoms with Crippen molar-refractivity contribution in [2.45, 2.75) is 25.8 Å². The fourth-order valence-electron chi connectivity index (χ4n) is 3.22. The molecule has 0 aliphatic carbocycles. The zero-order chi connectivity index (χ0) is 13.3. The van der Waals surface area contributed by atoms with Gasteiger partial charge in [0.15, 0.2) is 0 Å². The molecule has 1 aromatic carbocycles. The third-order valence-corrected chi connectivity index (χ3v) is 4.70. The molecule has 3 rings (SSSR count). The van der Waals surface area contributed by atoms with Gasteiger partial charge >= 0.3 is 0 Å². The molecule has 1 N–H and O–H groups in total. The minimum atomic E-state index is -0.0718. The van der Waals surface area contributed by atoms with Gasteiger partial charge in [0.1, 0.15) is 0 Å². The summed E-state index contributed by atoms with van der Waals surface area (Å²) in [5, 5.41) is 4.08. The smallest absolute Gasteiger partial charge is 0.229 e. The topological polar surface area (TPSA) is 32.3 Å². The first-order valence-corrected chi connectivity index (χ1v) is 7.32. The Kier molecular flexibility index (Phi) is 3.50. The number of carbonyl (C=O) groups excluding carboxylic acids is 1. The van der Waals surface area contributed by atoms with Gasteiger partial charge in [-0.15, -0.1) is 0 Å². The highest BCUT2D eigenvalue weighted by molar-refractivity contribution is 6.30. The zero-order valence-electron chi connectivity index (χ0n) is 11.0. The van der Waals surface area contributed by atoms with Crippen molar-refractivity contribution in [2.24, 2.45) is 5.41 Å². The highest BCUT2D eigenvalue weighted by atomic mass is 35.5. The van der Waals surface area contributed by atoms with E-state index < -0.39 is 0 Å². The molecule has 102 valence electrons. The van der Waals surface area contributed by atoms with Crippen LogP contribution in [0.15, 0.2) is 24.3 Å². The van der Waals surface area contributed by atoms with Crippen LogP contribution in [0.4, 0.5) is 0 Å². The number of hydrogen-bond acceptors (Lipinski definition) is 2. The largest absolute Gasteiger partial charge is 0.338 e. The molecule has 2 fully saturated rings. The monoisotopic (exact) mass is 278 g/mol. The van der Waals surface area contributed by atoms with Crippen molar-refractivity contribution in [1.29, 1.82) is 0 Å². The van der Waals surface area contributed by atoms with E-state index in [1.54, 1.807) is 0 Å². The lowest BCUT2D eigenvalue weighted by Gasteiger charge is -2.32. The molecule has 1 spiro atoms. The van der Waals surface area contributed by atoms with Gasteiger partial charge in [-0.2, -0.15) is 0 Å². The molecular weight excluding hydrogens is 260 g/mol. The van der Waals surface area contributed by atoms with Gasteiger partial charge in [0.05, 0.1) is 5.41 Å². The Morgan fingerprint density at radius 2 is 1.84 bits per heavy atom. The molecule has 2 aliphatic heterocycles. The third kappa shape index (κ3) is 2.49. The number of halogens is 1. The van der Waals surface area contributed by atoms with E-state index in [9.17, 15) is 4.79 Å². The molecule has 1 aromatic rings. The van der Waals surface area contributed by atoms with Crippen LogP contribution >= 0.6 is 11.6 Å². The molecule has 0 unspecified atom stereocenters. The fraction of sp³-hybridized carbons (Fsp3) is 0.533. The van der Waals surface area contributed by atoms with Crippen LogP contribution < -0.4 is 5.32 Å². The van der Waals surface area contributed by atoms with Crippen LogP contribution in [0.3, 0.4) is 0 Å². The summed E-state index contributed by atoms with van der Waals surface area (Å²) < 4.78 is 0. The second-order valence-corrected chi connectivity index (χ2v) is 6.07. The van der Waals surface area contributed by atoms with Gasteiger partial charge < -0.3 is 10.2 Å². The number of likely N-dealkylation sites (tertiary alicyclic amines) is 1. The van der Waals surface area contributed by atoms with E-state index in [4.69, 9.17) is 11.6 Å². The van der Waals surface area contributed by atoms with Gasteiger partial charge in [-0.05, 0) is 50.0 Å². The highest BCUT2D eigenvalue weighted by Gasteiger charge is 2.46. The van der Waals surface area contributed by atoms with Crippen molar-refractivity contribution >= 4 is 17.5 Å². The lowest BCUT2D eigenvalue weighted by molar-refractivity contribution is -0.137. The lowest BCUT2D eigenvalue weighted by atomic mass is 9.78. The molecular formula is C15H19ClN2O. The van der Waals surface area contributed by atoms with Crippen LogP contribution in [-0.2, 0) is 11.3 Å². The number of hydrogen-bond donors (Lipinski definition) is 1. The molecule has 0 saturated carbocycles. The maximum atomic E-state index is 12.6. The standard InChI is InChI=1S/C15H19ClN2O/c16-13-3-1-12(2-4-13)11-18-10-7-15(14(18)19)5-8-17-9-6-15/h1-4,17H,5-11H2. The predicted molar refractivity (Wildman–Crippen MR) is 76.0 cm³/mol. The summed E-state index contributed by atoms with van der Waals surface area (Å²) in [5.74, 6) is 0.351. The molecule has 19 heavy (non-hydrogen) atoms. The first-order chi connectivity index (χ1) is 9.20. The number of benzene rings is 1. The molecule has 2 saturated heterocycles. The fourth-order valence-corrected chi connectivity index (χ4v) is 3.35. The highest BCUT2D eigenvalue weighted by Crippen LogP contribution is 2.40. The zero-order valence-corrected chi connectivity index (χ0v) is 11.7. The van der Waals surface area contributed by atoms with E-state index in [1.807, 2.05) is 29.2 Å². The van der Waals surface area contributed by atoms with Crippen molar-refractivity contribution < 1.29 is 4.79 Å². The van der Waals surface area contributed by atoms with E-state index in [-0.39, 0.29) is 5.41 Å². The molecule has 0 atom stereocenters. The predicted octanol–water partition coefficient (Wildman–Crippen LogP) is 2.44. The van der Waals surface area contributed by atoms with Crippen molar-refractivity contribution in [3.63, 3.8) is 0 Å². The Labute approximate surface area is 118 Å². The van der Waals surface area contributed by atoms with E-state index >= 15 is 0 Å². The Morgan fingerprint density at radius 3 is 2.53 bits per heavy atom. The molecule has 0 bridgehead atoms. The number of carbonyl (C=O) groups is 1. The van der Waals surface area contributed by atoms with Gasteiger partial charge in [0, 0.05) is 18.1 Å². The van der Waals surface area contributed by atoms with Crippen LogP contribution in [0.5, 0.6) is 0 Å². The average Bonchev–Trinajstić information content (AvgIpc) is 2.72. The van der Waals surface area contributed by atoms with Crippen LogP contribution in [-0.4, -0.2) is 30.4 Å². The minimum Gasteiger partial charge on any atom is -0.338 e. The maximum absolute atomic E-state index is 12.6. The minimum absolute atomic E-state index is 0.0718. The number of nitrogens with one attached hydrogen (secondary N) is 1. The van der Waals surface area contributed by atoms with E-state index in [2.05, 4.69) is 5.32 Å². The van der Waals surface area contributed by atoms with Crippen LogP contribution in [0, 0.1) is 5.41 Å². The summed E-state index contributed by atoms with van der Waals surface area (Å²) in [5.41, 5.74) is 1.08. The maximum Gasteiger partial charge on any atom is 0.229 e.